The smallest absolute Gasteiger partial charge is 0.178 e. The number of halogens is 3. The Morgan fingerprint density at radius 2 is 2.11 bits per heavy atom. The second kappa shape index (κ2) is 4.79. The predicted molar refractivity (Wildman–Crippen MR) is 84.8 cm³/mol. The lowest BCUT2D eigenvalue weighted by Gasteiger charge is -1.99. The maximum absolute atomic E-state index is 6.12. The molecule has 3 nitrogen and oxygen atoms in total. The van der Waals surface area contributed by atoms with Crippen LogP contribution in [0, 0.1) is 3.57 Å². The maximum atomic E-state index is 6.12. The first-order valence-corrected chi connectivity index (χ1v) is 7.35. The molecule has 1 N–H and O–H groups in total. The van der Waals surface area contributed by atoms with Gasteiger partial charge in [0.05, 0.1) is 10.5 Å². The summed E-state index contributed by atoms with van der Waals surface area (Å²) >= 11 is 11.7. The monoisotopic (exact) mass is 433 g/mol. The molecule has 1 aromatic carbocycles. The number of nitrogens with zero attached hydrogens (tertiary/aromatic N) is 2. The van der Waals surface area contributed by atoms with Gasteiger partial charge in [0, 0.05) is 19.8 Å². The predicted octanol–water partition coefficient (Wildman–Crippen LogP) is 4.65. The molecule has 0 spiro atoms. The van der Waals surface area contributed by atoms with Gasteiger partial charge in [-0.1, -0.05) is 17.7 Å². The van der Waals surface area contributed by atoms with Gasteiger partial charge in [-0.3, -0.25) is 0 Å². The molecule has 3 aromatic rings. The number of rotatable bonds is 1. The highest BCUT2D eigenvalue weighted by molar-refractivity contribution is 14.1. The zero-order chi connectivity index (χ0) is 12.7. The number of hydrogen-bond acceptors (Lipinski definition) is 2. The first-order valence-electron chi connectivity index (χ1n) is 5.10. The quantitative estimate of drug-likeness (QED) is 0.567. The van der Waals surface area contributed by atoms with Crippen LogP contribution in [0.1, 0.15) is 0 Å². The fourth-order valence-corrected chi connectivity index (χ4v) is 2.50. The molecule has 0 saturated heterocycles. The van der Waals surface area contributed by atoms with Crippen molar-refractivity contribution in [3.8, 4) is 11.4 Å². The van der Waals surface area contributed by atoms with E-state index in [2.05, 4.69) is 53.5 Å². The summed E-state index contributed by atoms with van der Waals surface area (Å²) < 4.78 is 1.95. The lowest BCUT2D eigenvalue weighted by Crippen LogP contribution is -1.82. The van der Waals surface area contributed by atoms with E-state index in [0.29, 0.717) is 5.65 Å². The third-order valence-electron chi connectivity index (χ3n) is 2.50. The molecular weight excluding hydrogens is 428 g/mol. The van der Waals surface area contributed by atoms with Gasteiger partial charge >= 0.3 is 0 Å². The van der Waals surface area contributed by atoms with Gasteiger partial charge in [0.1, 0.15) is 5.82 Å². The second-order valence-corrected chi connectivity index (χ2v) is 6.22. The summed E-state index contributed by atoms with van der Waals surface area (Å²) in [5.41, 5.74) is 2.55. The standard InChI is InChI=1S/C12H6BrClIN3/c13-7-4-10-12(16-5-7)18-11(17-10)6-1-2-9(15)8(14)3-6/h1-5H,(H,16,17,18). The van der Waals surface area contributed by atoms with Crippen molar-refractivity contribution in [3.05, 3.63) is 43.5 Å². The Labute approximate surface area is 130 Å². The van der Waals surface area contributed by atoms with E-state index in [4.69, 9.17) is 11.6 Å². The molecule has 3 rings (SSSR count). The summed E-state index contributed by atoms with van der Waals surface area (Å²) in [4.78, 5) is 11.9. The lowest BCUT2D eigenvalue weighted by atomic mass is 10.2. The second-order valence-electron chi connectivity index (χ2n) is 3.74. The number of aromatic nitrogens is 3. The molecule has 0 atom stereocenters. The van der Waals surface area contributed by atoms with Crippen molar-refractivity contribution in [1.82, 2.24) is 15.0 Å². The number of fused-ring (bicyclic) bond motifs is 1. The van der Waals surface area contributed by atoms with E-state index in [1.807, 2.05) is 24.3 Å². The van der Waals surface area contributed by atoms with Gasteiger partial charge in [0.15, 0.2) is 5.65 Å². The van der Waals surface area contributed by atoms with Crippen LogP contribution in [0.15, 0.2) is 34.9 Å². The number of H-pyrrole nitrogens is 1. The van der Waals surface area contributed by atoms with Crippen LogP contribution in [-0.4, -0.2) is 15.0 Å². The Morgan fingerprint density at radius 3 is 2.89 bits per heavy atom. The summed E-state index contributed by atoms with van der Waals surface area (Å²) in [6.45, 7) is 0. The van der Waals surface area contributed by atoms with Gasteiger partial charge in [-0.25, -0.2) is 9.97 Å². The Morgan fingerprint density at radius 1 is 1.28 bits per heavy atom. The topological polar surface area (TPSA) is 41.6 Å². The number of hydrogen-bond donors (Lipinski definition) is 1. The van der Waals surface area contributed by atoms with E-state index in [-0.39, 0.29) is 0 Å². The molecule has 0 unspecified atom stereocenters. The molecule has 0 amide bonds. The SMILES string of the molecule is Clc1cc(-c2nc3ncc(Br)cc3[nH]2)ccc1I. The number of aromatic amines is 1. The summed E-state index contributed by atoms with van der Waals surface area (Å²) in [7, 11) is 0. The van der Waals surface area contributed by atoms with Crippen LogP contribution in [0.4, 0.5) is 0 Å². The molecule has 90 valence electrons. The molecule has 2 aromatic heterocycles. The molecule has 0 aliphatic carbocycles. The largest absolute Gasteiger partial charge is 0.337 e. The fourth-order valence-electron chi connectivity index (χ4n) is 1.65. The Balaban J connectivity index is 2.16. The Hall–Kier alpha value is -0.660. The molecule has 6 heteroatoms. The summed E-state index contributed by atoms with van der Waals surface area (Å²) in [6.07, 6.45) is 1.73. The molecule has 0 saturated carbocycles. The zero-order valence-electron chi connectivity index (χ0n) is 8.92. The van der Waals surface area contributed by atoms with Crippen LogP contribution in [0.2, 0.25) is 5.02 Å². The van der Waals surface area contributed by atoms with E-state index in [1.54, 1.807) is 6.20 Å². The van der Waals surface area contributed by atoms with Crippen molar-refractivity contribution in [2.75, 3.05) is 0 Å². The van der Waals surface area contributed by atoms with Crippen molar-refractivity contribution in [2.24, 2.45) is 0 Å². The number of benzene rings is 1. The van der Waals surface area contributed by atoms with E-state index in [9.17, 15) is 0 Å². The number of nitrogens with one attached hydrogen (secondary N) is 1. The van der Waals surface area contributed by atoms with E-state index >= 15 is 0 Å². The van der Waals surface area contributed by atoms with E-state index < -0.39 is 0 Å². The minimum absolute atomic E-state index is 0.697. The highest BCUT2D eigenvalue weighted by Gasteiger charge is 2.08. The molecule has 18 heavy (non-hydrogen) atoms. The molecule has 0 radical (unpaired) electrons. The van der Waals surface area contributed by atoms with Crippen molar-refractivity contribution >= 4 is 61.3 Å². The van der Waals surface area contributed by atoms with Crippen LogP contribution in [0.3, 0.4) is 0 Å². The Bertz CT molecular complexity index is 741. The van der Waals surface area contributed by atoms with Gasteiger partial charge in [0.2, 0.25) is 0 Å². The van der Waals surface area contributed by atoms with Crippen molar-refractivity contribution in [1.29, 1.82) is 0 Å². The van der Waals surface area contributed by atoms with E-state index in [1.165, 1.54) is 0 Å². The van der Waals surface area contributed by atoms with Crippen LogP contribution in [-0.2, 0) is 0 Å². The first-order chi connectivity index (χ1) is 8.63. The minimum Gasteiger partial charge on any atom is -0.337 e. The summed E-state index contributed by atoms with van der Waals surface area (Å²) in [5.74, 6) is 0.772. The molecule has 0 aliphatic rings. The summed E-state index contributed by atoms with van der Waals surface area (Å²) in [5, 5.41) is 0.725. The van der Waals surface area contributed by atoms with Gasteiger partial charge in [0.25, 0.3) is 0 Å². The average molecular weight is 434 g/mol. The fraction of sp³-hybridized carbons (Fsp3) is 0. The third kappa shape index (κ3) is 2.26. The van der Waals surface area contributed by atoms with E-state index in [0.717, 1.165) is 30.0 Å². The maximum Gasteiger partial charge on any atom is 0.178 e. The average Bonchev–Trinajstić information content (AvgIpc) is 2.75. The van der Waals surface area contributed by atoms with Crippen molar-refractivity contribution < 1.29 is 0 Å². The highest BCUT2D eigenvalue weighted by atomic mass is 127. The number of imidazole rings is 1. The molecule has 2 heterocycles. The van der Waals surface area contributed by atoms with Crippen LogP contribution < -0.4 is 0 Å². The van der Waals surface area contributed by atoms with Crippen molar-refractivity contribution in [2.45, 2.75) is 0 Å². The lowest BCUT2D eigenvalue weighted by molar-refractivity contribution is 1.30. The molecule has 0 fully saturated rings. The van der Waals surface area contributed by atoms with Crippen LogP contribution >= 0.6 is 50.1 Å². The van der Waals surface area contributed by atoms with Crippen LogP contribution in [0.5, 0.6) is 0 Å². The Kier molecular flexibility index (Phi) is 3.29. The highest BCUT2D eigenvalue weighted by Crippen LogP contribution is 2.26. The van der Waals surface area contributed by atoms with Gasteiger partial charge in [-0.15, -0.1) is 0 Å². The van der Waals surface area contributed by atoms with Crippen LogP contribution in [0.25, 0.3) is 22.6 Å². The normalized spacial score (nSPS) is 11.1. The number of pyridine rings is 1. The third-order valence-corrected chi connectivity index (χ3v) is 4.50. The first kappa shape index (κ1) is 12.4. The minimum atomic E-state index is 0.697. The molecular formula is C12H6BrClIN3. The zero-order valence-corrected chi connectivity index (χ0v) is 13.4. The van der Waals surface area contributed by atoms with Crippen molar-refractivity contribution in [3.63, 3.8) is 0 Å². The molecule has 0 bridgehead atoms. The van der Waals surface area contributed by atoms with Gasteiger partial charge in [-0.05, 0) is 56.7 Å². The van der Waals surface area contributed by atoms with Gasteiger partial charge in [-0.2, -0.15) is 0 Å². The summed E-state index contributed by atoms with van der Waals surface area (Å²) in [6, 6.07) is 7.80. The van der Waals surface area contributed by atoms with Gasteiger partial charge < -0.3 is 4.98 Å². The molecule has 0 aliphatic heterocycles.